The Morgan fingerprint density at radius 2 is 2.09 bits per heavy atom. The summed E-state index contributed by atoms with van der Waals surface area (Å²) in [5.74, 6) is 4.34. The molecule has 0 bridgehead atoms. The lowest BCUT2D eigenvalue weighted by molar-refractivity contribution is -0.154. The van der Waals surface area contributed by atoms with Gasteiger partial charge < -0.3 is 4.74 Å². The zero-order valence-corrected chi connectivity index (χ0v) is 6.41. The average molecular weight is 159 g/mol. The summed E-state index contributed by atoms with van der Waals surface area (Å²) < 4.78 is 5.01. The van der Waals surface area contributed by atoms with Gasteiger partial charge in [0.1, 0.15) is 6.10 Å². The summed E-state index contributed by atoms with van der Waals surface area (Å²) in [6.07, 6.45) is 4.38. The van der Waals surface area contributed by atoms with Crippen molar-refractivity contribution in [2.24, 2.45) is 5.90 Å². The van der Waals surface area contributed by atoms with Crippen LogP contribution in [-0.2, 0) is 14.4 Å². The molecule has 0 radical (unpaired) electrons. The number of rotatable bonds is 3. The first-order valence-corrected chi connectivity index (χ1v) is 3.84. The second-order valence-electron chi connectivity index (χ2n) is 2.71. The van der Waals surface area contributed by atoms with Gasteiger partial charge in [0, 0.05) is 0 Å². The van der Waals surface area contributed by atoms with E-state index in [2.05, 4.69) is 4.84 Å². The molecule has 4 nitrogen and oxygen atoms in total. The van der Waals surface area contributed by atoms with Crippen LogP contribution in [0.2, 0.25) is 0 Å². The maximum atomic E-state index is 10.8. The average Bonchev–Trinajstić information content (AvgIpc) is 2.40. The molecule has 1 rings (SSSR count). The van der Waals surface area contributed by atoms with E-state index >= 15 is 0 Å². The molecule has 4 heteroatoms. The van der Waals surface area contributed by atoms with Crippen LogP contribution < -0.4 is 5.90 Å². The van der Waals surface area contributed by atoms with Crippen LogP contribution in [0.1, 0.15) is 25.7 Å². The summed E-state index contributed by atoms with van der Waals surface area (Å²) in [6.45, 7) is -0.142. The number of ether oxygens (including phenoxy) is 1. The number of carbonyl (C=O) groups excluding carboxylic acids is 1. The summed E-state index contributed by atoms with van der Waals surface area (Å²) in [7, 11) is 0. The molecule has 0 unspecified atom stereocenters. The van der Waals surface area contributed by atoms with Gasteiger partial charge in [0.05, 0.1) is 0 Å². The SMILES string of the molecule is NOCC(=O)OC1CCCC1. The van der Waals surface area contributed by atoms with Crippen molar-refractivity contribution in [2.45, 2.75) is 31.8 Å². The second-order valence-corrected chi connectivity index (χ2v) is 2.71. The fraction of sp³-hybridized carbons (Fsp3) is 0.857. The Balaban J connectivity index is 2.13. The van der Waals surface area contributed by atoms with Crippen LogP contribution in [0.25, 0.3) is 0 Å². The molecule has 64 valence electrons. The fourth-order valence-electron chi connectivity index (χ4n) is 1.29. The van der Waals surface area contributed by atoms with Crippen LogP contribution in [0.4, 0.5) is 0 Å². The number of esters is 1. The Morgan fingerprint density at radius 3 is 2.64 bits per heavy atom. The number of hydrogen-bond donors (Lipinski definition) is 1. The van der Waals surface area contributed by atoms with E-state index in [1.807, 2.05) is 0 Å². The van der Waals surface area contributed by atoms with E-state index in [1.165, 1.54) is 0 Å². The lowest BCUT2D eigenvalue weighted by atomic mass is 10.3. The highest BCUT2D eigenvalue weighted by Gasteiger charge is 2.18. The quantitative estimate of drug-likeness (QED) is 0.477. The number of hydrogen-bond acceptors (Lipinski definition) is 4. The van der Waals surface area contributed by atoms with Gasteiger partial charge in [0.15, 0.2) is 6.61 Å². The molecule has 0 aromatic carbocycles. The molecule has 0 aromatic heterocycles. The van der Waals surface area contributed by atoms with E-state index in [1.54, 1.807) is 0 Å². The van der Waals surface area contributed by atoms with E-state index in [0.717, 1.165) is 25.7 Å². The summed E-state index contributed by atoms with van der Waals surface area (Å²) >= 11 is 0. The van der Waals surface area contributed by atoms with E-state index in [4.69, 9.17) is 10.6 Å². The molecular weight excluding hydrogens is 146 g/mol. The zero-order valence-electron chi connectivity index (χ0n) is 6.41. The molecule has 1 fully saturated rings. The maximum absolute atomic E-state index is 10.8. The predicted octanol–water partition coefficient (Wildman–Crippen LogP) is 0.362. The smallest absolute Gasteiger partial charge is 0.334 e. The molecule has 0 saturated heterocycles. The van der Waals surface area contributed by atoms with Gasteiger partial charge in [-0.2, -0.15) is 0 Å². The van der Waals surface area contributed by atoms with Crippen LogP contribution >= 0.6 is 0 Å². The summed E-state index contributed by atoms with van der Waals surface area (Å²) in [6, 6.07) is 0. The third-order valence-corrected chi connectivity index (χ3v) is 1.80. The Kier molecular flexibility index (Phi) is 3.32. The topological polar surface area (TPSA) is 61.5 Å². The molecule has 0 amide bonds. The normalized spacial score (nSPS) is 18.6. The molecular formula is C7H13NO3. The Bertz CT molecular complexity index is 132. The highest BCUT2D eigenvalue weighted by Crippen LogP contribution is 2.20. The summed E-state index contributed by atoms with van der Waals surface area (Å²) in [5.41, 5.74) is 0. The van der Waals surface area contributed by atoms with Gasteiger partial charge in [-0.05, 0) is 25.7 Å². The van der Waals surface area contributed by atoms with Gasteiger partial charge in [0.25, 0.3) is 0 Å². The highest BCUT2D eigenvalue weighted by molar-refractivity contribution is 5.70. The minimum atomic E-state index is -0.362. The number of carbonyl (C=O) groups is 1. The first-order valence-electron chi connectivity index (χ1n) is 3.84. The van der Waals surface area contributed by atoms with Crippen molar-refractivity contribution in [3.63, 3.8) is 0 Å². The van der Waals surface area contributed by atoms with E-state index < -0.39 is 0 Å². The zero-order chi connectivity index (χ0) is 8.10. The van der Waals surface area contributed by atoms with Crippen LogP contribution in [0.5, 0.6) is 0 Å². The van der Waals surface area contributed by atoms with Crippen molar-refractivity contribution >= 4 is 5.97 Å². The fourth-order valence-corrected chi connectivity index (χ4v) is 1.29. The van der Waals surface area contributed by atoms with Crippen LogP contribution in [-0.4, -0.2) is 18.7 Å². The van der Waals surface area contributed by atoms with Crippen molar-refractivity contribution in [1.29, 1.82) is 0 Å². The van der Waals surface area contributed by atoms with Gasteiger partial charge in [-0.1, -0.05) is 0 Å². The van der Waals surface area contributed by atoms with Crippen molar-refractivity contribution in [1.82, 2.24) is 0 Å². The molecule has 1 aliphatic rings. The molecule has 0 aliphatic heterocycles. The highest BCUT2D eigenvalue weighted by atomic mass is 16.6. The van der Waals surface area contributed by atoms with Gasteiger partial charge in [-0.3, -0.25) is 4.84 Å². The first kappa shape index (κ1) is 8.49. The van der Waals surface area contributed by atoms with Crippen molar-refractivity contribution < 1.29 is 14.4 Å². The molecule has 0 spiro atoms. The van der Waals surface area contributed by atoms with E-state index in [9.17, 15) is 4.79 Å². The van der Waals surface area contributed by atoms with E-state index in [0.29, 0.717) is 0 Å². The van der Waals surface area contributed by atoms with Crippen LogP contribution in [0, 0.1) is 0 Å². The molecule has 0 atom stereocenters. The van der Waals surface area contributed by atoms with Crippen LogP contribution in [0.15, 0.2) is 0 Å². The Morgan fingerprint density at radius 1 is 1.45 bits per heavy atom. The molecule has 11 heavy (non-hydrogen) atoms. The lowest BCUT2D eigenvalue weighted by Crippen LogP contribution is -2.20. The molecule has 1 saturated carbocycles. The van der Waals surface area contributed by atoms with Gasteiger partial charge in [0.2, 0.25) is 0 Å². The second kappa shape index (κ2) is 4.31. The minimum absolute atomic E-state index is 0.109. The van der Waals surface area contributed by atoms with Crippen molar-refractivity contribution in [3.05, 3.63) is 0 Å². The number of nitrogens with two attached hydrogens (primary N) is 1. The minimum Gasteiger partial charge on any atom is -0.461 e. The summed E-state index contributed by atoms with van der Waals surface area (Å²) in [4.78, 5) is 14.9. The van der Waals surface area contributed by atoms with Gasteiger partial charge in [-0.15, -0.1) is 0 Å². The summed E-state index contributed by atoms with van der Waals surface area (Å²) in [5, 5.41) is 0. The van der Waals surface area contributed by atoms with Crippen LogP contribution in [0.3, 0.4) is 0 Å². The predicted molar refractivity (Wildman–Crippen MR) is 38.5 cm³/mol. The standard InChI is InChI=1S/C7H13NO3/c8-10-5-7(9)11-6-3-1-2-4-6/h6H,1-5,8H2. The van der Waals surface area contributed by atoms with Gasteiger partial charge in [-0.25, -0.2) is 10.7 Å². The monoisotopic (exact) mass is 159 g/mol. The largest absolute Gasteiger partial charge is 0.461 e. The van der Waals surface area contributed by atoms with Crippen molar-refractivity contribution in [2.75, 3.05) is 6.61 Å². The first-order chi connectivity index (χ1) is 5.33. The molecule has 0 aromatic rings. The maximum Gasteiger partial charge on any atom is 0.334 e. The third kappa shape index (κ3) is 2.86. The third-order valence-electron chi connectivity index (χ3n) is 1.80. The Hall–Kier alpha value is -0.610. The van der Waals surface area contributed by atoms with E-state index in [-0.39, 0.29) is 18.7 Å². The molecule has 0 heterocycles. The molecule has 2 N–H and O–H groups in total. The van der Waals surface area contributed by atoms with Gasteiger partial charge >= 0.3 is 5.97 Å². The van der Waals surface area contributed by atoms with Crippen molar-refractivity contribution in [3.8, 4) is 0 Å². The lowest BCUT2D eigenvalue weighted by Gasteiger charge is -2.09. The molecule has 1 aliphatic carbocycles. The Labute approximate surface area is 65.6 Å².